The molecule has 0 radical (unpaired) electrons. The summed E-state index contributed by atoms with van der Waals surface area (Å²) in [5.74, 6) is -9.40. The molecule has 80 valence electrons. The largest absolute Gasteiger partial charge is 0.340 e. The van der Waals surface area contributed by atoms with Gasteiger partial charge in [0.05, 0.1) is 6.67 Å². The van der Waals surface area contributed by atoms with Gasteiger partial charge in [-0.25, -0.2) is 4.39 Å². The Balaban J connectivity index is 4.58. The summed E-state index contributed by atoms with van der Waals surface area (Å²) in [4.78, 5) is 0. The smallest absolute Gasteiger partial charge is 0.251 e. The minimum Gasteiger partial charge on any atom is -0.251 e. The van der Waals surface area contributed by atoms with Crippen LogP contribution >= 0.6 is 0 Å². The van der Waals surface area contributed by atoms with E-state index in [0.717, 1.165) is 6.92 Å². The molecule has 0 aromatic carbocycles. The highest BCUT2D eigenvalue weighted by atomic mass is 19.3. The zero-order valence-electron chi connectivity index (χ0n) is 6.97. The van der Waals surface area contributed by atoms with E-state index in [1.54, 1.807) is 0 Å². The van der Waals surface area contributed by atoms with Crippen LogP contribution in [-0.4, -0.2) is 24.7 Å². The van der Waals surface area contributed by atoms with Crippen LogP contribution in [0.1, 0.15) is 19.8 Å². The standard InChI is InChI=1S/C7H10F6/c1-2-5(9)7(12,13)6(10,11)3-4-8/h5H,2-4H2,1H3/t5-/m0/s1. The third-order valence-corrected chi connectivity index (χ3v) is 1.65. The highest BCUT2D eigenvalue weighted by molar-refractivity contribution is 4.90. The van der Waals surface area contributed by atoms with Crippen molar-refractivity contribution in [1.82, 2.24) is 0 Å². The van der Waals surface area contributed by atoms with E-state index in [-0.39, 0.29) is 0 Å². The SMILES string of the molecule is CC[C@H](F)C(F)(F)C(F)(F)CCF. The number of rotatable bonds is 5. The van der Waals surface area contributed by atoms with Crippen molar-refractivity contribution in [3.63, 3.8) is 0 Å². The number of alkyl halides is 6. The molecule has 0 aromatic rings. The van der Waals surface area contributed by atoms with Gasteiger partial charge in [-0.15, -0.1) is 0 Å². The van der Waals surface area contributed by atoms with E-state index in [2.05, 4.69) is 0 Å². The second kappa shape index (κ2) is 4.19. The quantitative estimate of drug-likeness (QED) is 0.607. The Morgan fingerprint density at radius 3 is 1.92 bits per heavy atom. The zero-order chi connectivity index (χ0) is 10.7. The van der Waals surface area contributed by atoms with Crippen molar-refractivity contribution in [2.75, 3.05) is 6.67 Å². The van der Waals surface area contributed by atoms with Gasteiger partial charge in [0.25, 0.3) is 0 Å². The highest BCUT2D eigenvalue weighted by Gasteiger charge is 2.60. The molecular formula is C7H10F6. The average Bonchev–Trinajstić information content (AvgIpc) is 2.02. The summed E-state index contributed by atoms with van der Waals surface area (Å²) in [7, 11) is 0. The Morgan fingerprint density at radius 2 is 1.62 bits per heavy atom. The van der Waals surface area contributed by atoms with Crippen LogP contribution in [0, 0.1) is 0 Å². The lowest BCUT2D eigenvalue weighted by Crippen LogP contribution is -2.48. The van der Waals surface area contributed by atoms with Crippen molar-refractivity contribution in [2.45, 2.75) is 37.8 Å². The molecule has 0 fully saturated rings. The lowest BCUT2D eigenvalue weighted by atomic mass is 10.0. The Kier molecular flexibility index (Phi) is 4.06. The second-order valence-corrected chi connectivity index (χ2v) is 2.64. The van der Waals surface area contributed by atoms with Gasteiger partial charge in [0.15, 0.2) is 6.17 Å². The third-order valence-electron chi connectivity index (χ3n) is 1.65. The Labute approximate surface area is 71.9 Å². The van der Waals surface area contributed by atoms with Gasteiger partial charge < -0.3 is 0 Å². The van der Waals surface area contributed by atoms with Crippen molar-refractivity contribution < 1.29 is 26.3 Å². The molecule has 0 aliphatic heterocycles. The number of halogens is 6. The molecule has 0 bridgehead atoms. The summed E-state index contributed by atoms with van der Waals surface area (Å²) in [5, 5.41) is 0. The molecule has 0 spiro atoms. The van der Waals surface area contributed by atoms with Gasteiger partial charge in [-0.2, -0.15) is 17.6 Å². The van der Waals surface area contributed by atoms with E-state index >= 15 is 0 Å². The fourth-order valence-corrected chi connectivity index (χ4v) is 0.771. The molecule has 6 heteroatoms. The summed E-state index contributed by atoms with van der Waals surface area (Å²) in [6, 6.07) is 0. The molecule has 0 N–H and O–H groups in total. The molecule has 0 aliphatic rings. The highest BCUT2D eigenvalue weighted by Crippen LogP contribution is 2.41. The molecule has 0 unspecified atom stereocenters. The molecule has 13 heavy (non-hydrogen) atoms. The van der Waals surface area contributed by atoms with Crippen molar-refractivity contribution >= 4 is 0 Å². The summed E-state index contributed by atoms with van der Waals surface area (Å²) in [6.45, 7) is -0.580. The molecule has 0 saturated carbocycles. The zero-order valence-corrected chi connectivity index (χ0v) is 6.97. The van der Waals surface area contributed by atoms with Crippen molar-refractivity contribution in [3.8, 4) is 0 Å². The predicted molar refractivity (Wildman–Crippen MR) is 35.7 cm³/mol. The first-order chi connectivity index (χ1) is 5.79. The lowest BCUT2D eigenvalue weighted by Gasteiger charge is -2.27. The molecule has 0 saturated heterocycles. The van der Waals surface area contributed by atoms with E-state index in [9.17, 15) is 26.3 Å². The predicted octanol–water partition coefficient (Wildman–Crippen LogP) is 3.36. The Hall–Kier alpha value is -0.420. The van der Waals surface area contributed by atoms with Crippen LogP contribution in [0.4, 0.5) is 26.3 Å². The minimum absolute atomic E-state index is 0.727. The van der Waals surface area contributed by atoms with Crippen molar-refractivity contribution in [3.05, 3.63) is 0 Å². The molecule has 1 atom stereocenters. The van der Waals surface area contributed by atoms with E-state index in [0.29, 0.717) is 0 Å². The van der Waals surface area contributed by atoms with E-state index in [1.807, 2.05) is 0 Å². The lowest BCUT2D eigenvalue weighted by molar-refractivity contribution is -0.242. The van der Waals surface area contributed by atoms with Gasteiger partial charge in [0.2, 0.25) is 0 Å². The minimum atomic E-state index is -4.78. The molecular weight excluding hydrogens is 198 g/mol. The fourth-order valence-electron chi connectivity index (χ4n) is 0.771. The summed E-state index contributed by atoms with van der Waals surface area (Å²) in [6.07, 6.45) is -5.32. The fraction of sp³-hybridized carbons (Fsp3) is 1.00. The molecule has 0 nitrogen and oxygen atoms in total. The van der Waals surface area contributed by atoms with Gasteiger partial charge in [-0.3, -0.25) is 4.39 Å². The van der Waals surface area contributed by atoms with Gasteiger partial charge in [0.1, 0.15) is 0 Å². The normalized spacial score (nSPS) is 15.9. The molecule has 0 rings (SSSR count). The number of hydrogen-bond acceptors (Lipinski definition) is 0. The average molecular weight is 208 g/mol. The maximum Gasteiger partial charge on any atom is 0.340 e. The first-order valence-electron chi connectivity index (χ1n) is 3.75. The monoisotopic (exact) mass is 208 g/mol. The van der Waals surface area contributed by atoms with E-state index in [1.165, 1.54) is 0 Å². The van der Waals surface area contributed by atoms with Gasteiger partial charge in [-0.05, 0) is 6.42 Å². The Morgan fingerprint density at radius 1 is 1.15 bits per heavy atom. The maximum absolute atomic E-state index is 12.5. The third kappa shape index (κ3) is 2.51. The second-order valence-electron chi connectivity index (χ2n) is 2.64. The van der Waals surface area contributed by atoms with Crippen LogP contribution < -0.4 is 0 Å². The number of hydrogen-bond donors (Lipinski definition) is 0. The van der Waals surface area contributed by atoms with Crippen molar-refractivity contribution in [2.24, 2.45) is 0 Å². The molecule has 0 heterocycles. The van der Waals surface area contributed by atoms with Crippen LogP contribution in [0.3, 0.4) is 0 Å². The van der Waals surface area contributed by atoms with Gasteiger partial charge >= 0.3 is 11.8 Å². The first-order valence-corrected chi connectivity index (χ1v) is 3.75. The summed E-state index contributed by atoms with van der Waals surface area (Å²) >= 11 is 0. The van der Waals surface area contributed by atoms with E-state index in [4.69, 9.17) is 0 Å². The van der Waals surface area contributed by atoms with Crippen LogP contribution in [0.5, 0.6) is 0 Å². The van der Waals surface area contributed by atoms with Crippen LogP contribution in [-0.2, 0) is 0 Å². The van der Waals surface area contributed by atoms with Crippen LogP contribution in [0.25, 0.3) is 0 Å². The van der Waals surface area contributed by atoms with Crippen LogP contribution in [0.2, 0.25) is 0 Å². The summed E-state index contributed by atoms with van der Waals surface area (Å²) in [5.41, 5.74) is 0. The van der Waals surface area contributed by atoms with Gasteiger partial charge in [-0.1, -0.05) is 6.92 Å². The van der Waals surface area contributed by atoms with Crippen LogP contribution in [0.15, 0.2) is 0 Å². The topological polar surface area (TPSA) is 0 Å². The van der Waals surface area contributed by atoms with Gasteiger partial charge in [0, 0.05) is 6.42 Å². The van der Waals surface area contributed by atoms with Crippen molar-refractivity contribution in [1.29, 1.82) is 0 Å². The maximum atomic E-state index is 12.5. The molecule has 0 amide bonds. The molecule has 0 aliphatic carbocycles. The first kappa shape index (κ1) is 12.6. The Bertz CT molecular complexity index is 155. The van der Waals surface area contributed by atoms with E-state index < -0.39 is 37.5 Å². The summed E-state index contributed by atoms with van der Waals surface area (Å²) < 4.78 is 73.6. The molecule has 0 aromatic heterocycles.